The van der Waals surface area contributed by atoms with E-state index in [4.69, 9.17) is 18.6 Å². The molecule has 0 spiro atoms. The zero-order valence-electron chi connectivity index (χ0n) is 77.3. The van der Waals surface area contributed by atoms with E-state index in [0.717, 1.165) is 58.2 Å². The number of H-pyrrole nitrogens is 1. The minimum Gasteiger partial charge on any atom is -0.445 e. The molecule has 1 N–H and O–H groups in total. The first-order valence-corrected chi connectivity index (χ1v) is 47.3. The molecule has 18 heteroatoms. The van der Waals surface area contributed by atoms with Crippen LogP contribution in [0.5, 0.6) is 0 Å². The normalized spacial score (nSPS) is 18.6. The summed E-state index contributed by atoms with van der Waals surface area (Å²) in [5.41, 5.74) is 8.36. The first-order chi connectivity index (χ1) is 54.0. The van der Waals surface area contributed by atoms with Crippen LogP contribution in [0.2, 0.25) is 0 Å². The standard InChI is InChI=1S/2C13H22N2.2C13H21NO.C13H21NS.C12H21N3.C12H20N2O.C8H13NS.CH4/c1-13(2,3)12-9-10-15(14-12)11-7-5-4-6-8-11;1-13(2,3)12-14-9-11(15-12)10-7-5-4-6-8-10;1-13(2,3)11-9-14-12(15-11)10-7-5-4-6-8-10;1-13(2,3)12-9-11(14-15-12)10-7-5-4-6-8-10;1-13(2,3)12-9-11(15-14-12)10-7-5-4-6-8-10;1-12(2,3)11-9-15(14-13-11)10-7-5-4-6-8-10;1-12(2,3)11-13-10(15-14-11)9-7-5-4-6-8-9;1-6-5-7(10-9-6)8(2,3)4;/h9-11H,4-8H2,1-3H3;9-10H,4-8H2,1-3H3,(H,14,15);4*9-10H,4-8H2,1-3H3;9H,4-8H2,1-3H3;5H,1-4H3;1H4. The van der Waals surface area contributed by atoms with Gasteiger partial charge in [0.15, 0.2) is 11.7 Å². The third-order valence-corrected chi connectivity index (χ3v) is 26.4. The fraction of sp³-hybridized carbons (Fsp3) is 0.776. The highest BCUT2D eigenvalue weighted by molar-refractivity contribution is 7.06. The summed E-state index contributed by atoms with van der Waals surface area (Å²) in [6, 6.07) is 10.1. The van der Waals surface area contributed by atoms with Gasteiger partial charge in [0.25, 0.3) is 0 Å². The second-order valence-corrected chi connectivity index (χ2v) is 44.9. The van der Waals surface area contributed by atoms with Crippen LogP contribution in [0.3, 0.4) is 0 Å². The SMILES string of the molecule is C.CC(C)(C)c1cc(C2CCCCC2)no1.CC(C)(C)c1cc(C2CCCCC2)sn1.CC(C)(C)c1ccn(C2CCCCC2)n1.CC(C)(C)c1cn(C2CCCCC2)nn1.CC(C)(C)c1cnc(C2CCCCC2)o1.CC(C)(C)c1ncc(C2CCCCC2)[nH]1.CC(C)(C)c1noc(C2CCCCC2)n1.Cc1cc(C(C)(C)C)sn1. The highest BCUT2D eigenvalue weighted by Gasteiger charge is 2.31. The molecule has 8 aromatic heterocycles. The van der Waals surface area contributed by atoms with Gasteiger partial charge < -0.3 is 18.4 Å². The second-order valence-electron chi connectivity index (χ2n) is 43.3. The maximum atomic E-state index is 5.88. The molecule has 0 radical (unpaired) electrons. The zero-order valence-corrected chi connectivity index (χ0v) is 78.9. The topological polar surface area (TPSA) is 194 Å². The number of nitrogens with one attached hydrogen (secondary N) is 1. The third kappa shape index (κ3) is 31.8. The Balaban J connectivity index is 0.000000183. The number of imidazole rings is 1. The number of aromatic amines is 1. The predicted molar refractivity (Wildman–Crippen MR) is 487 cm³/mol. The number of aryl methyl sites for hydroxylation is 1. The quantitative estimate of drug-likeness (QED) is 0.158. The summed E-state index contributed by atoms with van der Waals surface area (Å²) in [5.74, 6) is 9.13. The molecule has 7 fully saturated rings. The maximum Gasteiger partial charge on any atom is 0.229 e. The van der Waals surface area contributed by atoms with Gasteiger partial charge >= 0.3 is 0 Å². The summed E-state index contributed by atoms with van der Waals surface area (Å²) in [5, 5.41) is 21.6. The Hall–Kier alpha value is -5.62. The van der Waals surface area contributed by atoms with Gasteiger partial charge in [0, 0.05) is 102 Å². The lowest BCUT2D eigenvalue weighted by Gasteiger charge is -2.22. The monoisotopic (exact) mass is 1640 g/mol. The number of hydrogen-bond donors (Lipinski definition) is 1. The fourth-order valence-electron chi connectivity index (χ4n) is 16.2. The Kier molecular flexibility index (Phi) is 37.2. The van der Waals surface area contributed by atoms with Crippen LogP contribution >= 0.6 is 23.1 Å². The molecule has 0 bridgehead atoms. The van der Waals surface area contributed by atoms with Gasteiger partial charge in [0.05, 0.1) is 46.8 Å². The van der Waals surface area contributed by atoms with E-state index in [0.29, 0.717) is 29.8 Å². The number of hydrogen-bond acceptors (Lipinski definition) is 15. The summed E-state index contributed by atoms with van der Waals surface area (Å²) in [7, 11) is 0. The molecule has 7 aliphatic carbocycles. The van der Waals surface area contributed by atoms with Gasteiger partial charge in [-0.25, -0.2) is 14.6 Å². The lowest BCUT2D eigenvalue weighted by molar-refractivity contribution is 0.309. The van der Waals surface area contributed by atoms with E-state index < -0.39 is 0 Å². The van der Waals surface area contributed by atoms with Crippen LogP contribution in [-0.4, -0.2) is 63.8 Å². The van der Waals surface area contributed by atoms with Gasteiger partial charge in [0.2, 0.25) is 5.89 Å². The van der Waals surface area contributed by atoms with Crippen LogP contribution in [0, 0.1) is 6.92 Å². The van der Waals surface area contributed by atoms with Crippen LogP contribution < -0.4 is 0 Å². The van der Waals surface area contributed by atoms with Crippen molar-refractivity contribution in [2.75, 3.05) is 0 Å². The summed E-state index contributed by atoms with van der Waals surface area (Å²) in [6.07, 6.45) is 55.1. The molecule has 16 nitrogen and oxygen atoms in total. The van der Waals surface area contributed by atoms with Gasteiger partial charge in [-0.05, 0) is 149 Å². The Bertz CT molecular complexity index is 3330. The molecule has 8 heterocycles. The van der Waals surface area contributed by atoms with E-state index in [1.807, 2.05) is 13.1 Å². The Morgan fingerprint density at radius 2 is 0.862 bits per heavy atom. The van der Waals surface area contributed by atoms with Gasteiger partial charge in [-0.15, -0.1) is 5.10 Å². The van der Waals surface area contributed by atoms with Crippen LogP contribution in [0.25, 0.3) is 0 Å². The van der Waals surface area contributed by atoms with Crippen LogP contribution in [0.1, 0.15) is 519 Å². The average molecular weight is 1640 g/mol. The van der Waals surface area contributed by atoms with Crippen molar-refractivity contribution < 1.29 is 13.5 Å². The van der Waals surface area contributed by atoms with Crippen molar-refractivity contribution >= 4 is 23.1 Å². The molecular weight excluding hydrogens is 1470 g/mol. The minimum absolute atomic E-state index is 0. The van der Waals surface area contributed by atoms with Crippen LogP contribution in [-0.2, 0) is 43.3 Å². The molecule has 0 saturated heterocycles. The molecule has 652 valence electrons. The smallest absolute Gasteiger partial charge is 0.229 e. The molecule has 0 amide bonds. The maximum absolute atomic E-state index is 5.88. The van der Waals surface area contributed by atoms with Crippen LogP contribution in [0.4, 0.5) is 0 Å². The molecule has 7 aliphatic rings. The van der Waals surface area contributed by atoms with Crippen molar-refractivity contribution in [3.05, 3.63) is 128 Å². The number of nitrogens with zero attached hydrogens (tertiary/aromatic N) is 12. The van der Waals surface area contributed by atoms with Gasteiger partial charge in [-0.2, -0.15) is 18.8 Å². The lowest BCUT2D eigenvalue weighted by Crippen LogP contribution is -2.16. The molecule has 0 atom stereocenters. The van der Waals surface area contributed by atoms with Crippen molar-refractivity contribution in [2.45, 2.75) is 490 Å². The number of rotatable bonds is 7. The summed E-state index contributed by atoms with van der Waals surface area (Å²) in [6.45, 7) is 54.5. The molecule has 116 heavy (non-hydrogen) atoms. The molecule has 0 aliphatic heterocycles. The average Bonchev–Trinajstić information content (AvgIpc) is 1.71. The van der Waals surface area contributed by atoms with E-state index >= 15 is 0 Å². The zero-order chi connectivity index (χ0) is 84.0. The number of aromatic nitrogens is 13. The van der Waals surface area contributed by atoms with Crippen molar-refractivity contribution in [3.8, 4) is 0 Å². The molecular formula is C98H165N13O3S2. The van der Waals surface area contributed by atoms with Gasteiger partial charge in [-0.3, -0.25) is 4.68 Å². The van der Waals surface area contributed by atoms with Crippen molar-refractivity contribution in [3.63, 3.8) is 0 Å². The van der Waals surface area contributed by atoms with E-state index in [2.05, 4.69) is 268 Å². The van der Waals surface area contributed by atoms with Crippen LogP contribution in [0.15, 0.2) is 62.5 Å². The second kappa shape index (κ2) is 44.3. The molecule has 0 unspecified atom stereocenters. The molecule has 8 aromatic rings. The highest BCUT2D eigenvalue weighted by Crippen LogP contribution is 2.41. The van der Waals surface area contributed by atoms with E-state index in [1.54, 1.807) is 23.1 Å². The van der Waals surface area contributed by atoms with Crippen molar-refractivity contribution in [1.82, 2.24) is 63.8 Å². The Morgan fingerprint density at radius 3 is 1.25 bits per heavy atom. The first-order valence-electron chi connectivity index (χ1n) is 45.7. The number of oxazole rings is 1. The van der Waals surface area contributed by atoms with Crippen molar-refractivity contribution in [1.29, 1.82) is 0 Å². The third-order valence-electron chi connectivity index (χ3n) is 24.2. The van der Waals surface area contributed by atoms with Gasteiger partial charge in [0.1, 0.15) is 17.3 Å². The predicted octanol–water partition coefficient (Wildman–Crippen LogP) is 29.8. The van der Waals surface area contributed by atoms with E-state index in [-0.39, 0.29) is 50.7 Å². The highest BCUT2D eigenvalue weighted by atomic mass is 32.1. The Morgan fingerprint density at radius 1 is 0.397 bits per heavy atom. The van der Waals surface area contributed by atoms with Crippen molar-refractivity contribution in [2.24, 2.45) is 0 Å². The van der Waals surface area contributed by atoms with Gasteiger partial charge in [-0.1, -0.05) is 324 Å². The minimum atomic E-state index is -0.00355. The fourth-order valence-corrected chi connectivity index (χ4v) is 18.0. The first kappa shape index (κ1) is 97.5. The molecule has 15 rings (SSSR count). The van der Waals surface area contributed by atoms with E-state index in [9.17, 15) is 0 Å². The summed E-state index contributed by atoms with van der Waals surface area (Å²) < 4.78 is 29.8. The van der Waals surface area contributed by atoms with E-state index in [1.165, 1.54) is 257 Å². The summed E-state index contributed by atoms with van der Waals surface area (Å²) in [4.78, 5) is 19.9. The molecule has 7 saturated carbocycles. The lowest BCUT2D eigenvalue weighted by atomic mass is 9.85. The Labute approximate surface area is 714 Å². The largest absolute Gasteiger partial charge is 0.445 e. The summed E-state index contributed by atoms with van der Waals surface area (Å²) >= 11 is 3.34. The molecule has 0 aromatic carbocycles.